The molecule has 1 saturated heterocycles. The number of halogens is 1. The quantitative estimate of drug-likeness (QED) is 0.200. The van der Waals surface area contributed by atoms with Gasteiger partial charge in [0, 0.05) is 56.4 Å². The number of aryl methyl sites for hydroxylation is 1. The summed E-state index contributed by atoms with van der Waals surface area (Å²) in [6.07, 6.45) is 2.01. The minimum absolute atomic E-state index is 0.333. The van der Waals surface area contributed by atoms with Crippen LogP contribution in [0.2, 0.25) is 0 Å². The Balaban J connectivity index is 1.21. The number of likely N-dealkylation sites (N-methyl/N-ethyl adjacent to an activating group) is 1. The molecule has 1 aliphatic heterocycles. The zero-order valence-electron chi connectivity index (χ0n) is 23.8. The molecule has 42 heavy (non-hydrogen) atoms. The van der Waals surface area contributed by atoms with Gasteiger partial charge in [0.1, 0.15) is 29.6 Å². The van der Waals surface area contributed by atoms with Crippen LogP contribution < -0.4 is 26.0 Å². The van der Waals surface area contributed by atoms with E-state index in [9.17, 15) is 18.8 Å². The first kappa shape index (κ1) is 30.4. The molecule has 3 aromatic rings. The van der Waals surface area contributed by atoms with Gasteiger partial charge >= 0.3 is 6.03 Å². The Labute approximate surface area is 244 Å². The van der Waals surface area contributed by atoms with E-state index in [0.717, 1.165) is 44.7 Å². The predicted molar refractivity (Wildman–Crippen MR) is 159 cm³/mol. The summed E-state index contributed by atoms with van der Waals surface area (Å²) in [5, 5.41) is 10.9. The number of rotatable bonds is 11. The largest absolute Gasteiger partial charge is 0.457 e. The molecule has 11 nitrogen and oxygen atoms in total. The number of amides is 4. The lowest BCUT2D eigenvalue weighted by molar-refractivity contribution is -0.123. The SMILES string of the molecule is Cc1cc(Oc2ccnc(NC(=O)NCCCN3CCN(C)CC3)c2)ccc1NC(=O)CC(=O)Nc1ccc(F)cc1. The maximum Gasteiger partial charge on any atom is 0.320 e. The number of aromatic nitrogens is 1. The molecular formula is C30H36FN7O4. The van der Waals surface area contributed by atoms with Gasteiger partial charge in [-0.2, -0.15) is 0 Å². The van der Waals surface area contributed by atoms with Crippen LogP contribution in [0.1, 0.15) is 18.4 Å². The Morgan fingerprint density at radius 1 is 0.905 bits per heavy atom. The van der Waals surface area contributed by atoms with Crippen LogP contribution in [-0.4, -0.2) is 78.9 Å². The number of hydrogen-bond donors (Lipinski definition) is 4. The first-order valence-corrected chi connectivity index (χ1v) is 13.8. The second kappa shape index (κ2) is 14.9. The summed E-state index contributed by atoms with van der Waals surface area (Å²) in [7, 11) is 2.13. The highest BCUT2D eigenvalue weighted by Gasteiger charge is 2.14. The number of nitrogens with one attached hydrogen (secondary N) is 4. The highest BCUT2D eigenvalue weighted by atomic mass is 19.1. The fourth-order valence-electron chi connectivity index (χ4n) is 4.33. The van der Waals surface area contributed by atoms with Gasteiger partial charge < -0.3 is 30.5 Å². The summed E-state index contributed by atoms with van der Waals surface area (Å²) in [6.45, 7) is 7.55. The Bertz CT molecular complexity index is 1380. The standard InChI is InChI=1S/C30H36FN7O4/c1-21-18-24(8-9-26(21)35-29(40)20-28(39)34-23-6-4-22(31)5-7-23)42-25-10-12-32-27(19-25)36-30(41)33-11-3-13-38-16-14-37(2)15-17-38/h4-10,12,18-19H,3,11,13-17,20H2,1-2H3,(H,34,39)(H,35,40)(H2,32,33,36,41). The lowest BCUT2D eigenvalue weighted by Gasteiger charge is -2.32. The average Bonchev–Trinajstić information content (AvgIpc) is 2.95. The van der Waals surface area contributed by atoms with E-state index >= 15 is 0 Å². The van der Waals surface area contributed by atoms with Crippen LogP contribution in [0, 0.1) is 12.7 Å². The number of benzene rings is 2. The molecule has 0 spiro atoms. The molecule has 4 amide bonds. The average molecular weight is 578 g/mol. The third-order valence-corrected chi connectivity index (χ3v) is 6.66. The highest BCUT2D eigenvalue weighted by molar-refractivity contribution is 6.08. The number of hydrogen-bond acceptors (Lipinski definition) is 7. The molecule has 1 fully saturated rings. The van der Waals surface area contributed by atoms with E-state index in [1.54, 1.807) is 37.3 Å². The van der Waals surface area contributed by atoms with Gasteiger partial charge in [-0.1, -0.05) is 0 Å². The molecule has 0 saturated carbocycles. The molecule has 12 heteroatoms. The number of carbonyl (C=O) groups is 3. The molecule has 4 rings (SSSR count). The van der Waals surface area contributed by atoms with Crippen molar-refractivity contribution in [2.24, 2.45) is 0 Å². The zero-order chi connectivity index (χ0) is 29.9. The van der Waals surface area contributed by atoms with Crippen molar-refractivity contribution in [2.45, 2.75) is 19.8 Å². The van der Waals surface area contributed by atoms with E-state index in [-0.39, 0.29) is 6.03 Å². The third kappa shape index (κ3) is 9.82. The Morgan fingerprint density at radius 3 is 2.36 bits per heavy atom. The van der Waals surface area contributed by atoms with Crippen LogP contribution in [0.15, 0.2) is 60.8 Å². The summed E-state index contributed by atoms with van der Waals surface area (Å²) >= 11 is 0. The second-order valence-electron chi connectivity index (χ2n) is 10.1. The van der Waals surface area contributed by atoms with E-state index < -0.39 is 24.1 Å². The molecule has 0 aliphatic carbocycles. The van der Waals surface area contributed by atoms with Crippen molar-refractivity contribution in [3.8, 4) is 11.5 Å². The van der Waals surface area contributed by atoms with Gasteiger partial charge in [-0.05, 0) is 81.0 Å². The van der Waals surface area contributed by atoms with Gasteiger partial charge in [0.25, 0.3) is 0 Å². The van der Waals surface area contributed by atoms with Crippen molar-refractivity contribution in [1.82, 2.24) is 20.1 Å². The van der Waals surface area contributed by atoms with Gasteiger partial charge in [-0.25, -0.2) is 14.2 Å². The van der Waals surface area contributed by atoms with E-state index in [0.29, 0.717) is 35.2 Å². The normalized spacial score (nSPS) is 13.7. The van der Waals surface area contributed by atoms with Crippen molar-refractivity contribution < 1.29 is 23.5 Å². The van der Waals surface area contributed by atoms with Gasteiger partial charge in [-0.3, -0.25) is 14.9 Å². The molecule has 1 aromatic heterocycles. The molecule has 2 heterocycles. The molecule has 1 aliphatic rings. The number of urea groups is 1. The van der Waals surface area contributed by atoms with E-state index in [4.69, 9.17) is 4.74 Å². The first-order chi connectivity index (χ1) is 20.2. The lowest BCUT2D eigenvalue weighted by atomic mass is 10.2. The summed E-state index contributed by atoms with van der Waals surface area (Å²) in [6, 6.07) is 13.3. The highest BCUT2D eigenvalue weighted by Crippen LogP contribution is 2.27. The molecule has 0 unspecified atom stereocenters. The molecular weight excluding hydrogens is 541 g/mol. The fraction of sp³-hybridized carbons (Fsp3) is 0.333. The molecule has 222 valence electrons. The minimum atomic E-state index is -0.516. The van der Waals surface area contributed by atoms with Crippen LogP contribution in [0.3, 0.4) is 0 Å². The molecule has 0 bridgehead atoms. The van der Waals surface area contributed by atoms with Gasteiger partial charge in [0.05, 0.1) is 0 Å². The number of nitrogens with zero attached hydrogens (tertiary/aromatic N) is 3. The van der Waals surface area contributed by atoms with E-state index in [2.05, 4.69) is 43.1 Å². The minimum Gasteiger partial charge on any atom is -0.457 e. The van der Waals surface area contributed by atoms with Crippen LogP contribution in [0.5, 0.6) is 11.5 Å². The van der Waals surface area contributed by atoms with Crippen LogP contribution in [-0.2, 0) is 9.59 Å². The van der Waals surface area contributed by atoms with Gasteiger partial charge in [0.2, 0.25) is 11.8 Å². The third-order valence-electron chi connectivity index (χ3n) is 6.66. The van der Waals surface area contributed by atoms with Gasteiger partial charge in [-0.15, -0.1) is 0 Å². The van der Waals surface area contributed by atoms with Crippen LogP contribution >= 0.6 is 0 Å². The molecule has 2 aromatic carbocycles. The Kier molecular flexibility index (Phi) is 10.8. The molecule has 4 N–H and O–H groups in total. The van der Waals surface area contributed by atoms with Crippen molar-refractivity contribution >= 4 is 35.0 Å². The predicted octanol–water partition coefficient (Wildman–Crippen LogP) is 4.05. The summed E-state index contributed by atoms with van der Waals surface area (Å²) in [5.74, 6) is -0.0790. The topological polar surface area (TPSA) is 128 Å². The maximum atomic E-state index is 13.0. The number of anilines is 3. The second-order valence-corrected chi connectivity index (χ2v) is 10.1. The number of pyridine rings is 1. The van der Waals surface area contributed by atoms with Crippen molar-refractivity contribution in [1.29, 1.82) is 0 Å². The summed E-state index contributed by atoms with van der Waals surface area (Å²) < 4.78 is 19.0. The summed E-state index contributed by atoms with van der Waals surface area (Å²) in [4.78, 5) is 45.7. The maximum absolute atomic E-state index is 13.0. The van der Waals surface area contributed by atoms with Gasteiger partial charge in [0.15, 0.2) is 0 Å². The fourth-order valence-corrected chi connectivity index (χ4v) is 4.33. The number of ether oxygens (including phenoxy) is 1. The first-order valence-electron chi connectivity index (χ1n) is 13.8. The van der Waals surface area contributed by atoms with E-state index in [1.165, 1.54) is 30.5 Å². The van der Waals surface area contributed by atoms with Crippen LogP contribution in [0.25, 0.3) is 0 Å². The molecule has 0 radical (unpaired) electrons. The smallest absolute Gasteiger partial charge is 0.320 e. The van der Waals surface area contributed by atoms with Crippen molar-refractivity contribution in [3.63, 3.8) is 0 Å². The van der Waals surface area contributed by atoms with Crippen LogP contribution in [0.4, 0.5) is 26.4 Å². The van der Waals surface area contributed by atoms with Crippen molar-refractivity contribution in [3.05, 3.63) is 72.2 Å². The zero-order valence-corrected chi connectivity index (χ0v) is 23.8. The number of piperazine rings is 1. The Morgan fingerprint density at radius 2 is 1.62 bits per heavy atom. The monoisotopic (exact) mass is 577 g/mol. The molecule has 0 atom stereocenters. The van der Waals surface area contributed by atoms with Crippen molar-refractivity contribution in [2.75, 3.05) is 62.3 Å². The Hall–Kier alpha value is -4.55. The lowest BCUT2D eigenvalue weighted by Crippen LogP contribution is -2.45. The summed E-state index contributed by atoms with van der Waals surface area (Å²) in [5.41, 5.74) is 1.66. The number of carbonyl (C=O) groups excluding carboxylic acids is 3. The van der Waals surface area contributed by atoms with E-state index in [1.807, 2.05) is 0 Å².